The number of nitrogens with zero attached hydrogens (tertiary/aromatic N) is 3. The average Bonchev–Trinajstić information content (AvgIpc) is 2.76. The molecular weight excluding hydrogens is 222 g/mol. The Balaban J connectivity index is 1.96. The number of halogens is 1. The lowest BCUT2D eigenvalue weighted by Gasteiger charge is -2.20. The smallest absolute Gasteiger partial charge is 0.207 e. The van der Waals surface area contributed by atoms with Crippen molar-refractivity contribution in [2.24, 2.45) is 0 Å². The molecule has 1 saturated heterocycles. The summed E-state index contributed by atoms with van der Waals surface area (Å²) < 4.78 is 0.486. The van der Waals surface area contributed by atoms with E-state index in [0.29, 0.717) is 4.47 Å². The number of rotatable bonds is 3. The molecule has 4 nitrogen and oxygen atoms in total. The summed E-state index contributed by atoms with van der Waals surface area (Å²) in [6.45, 7) is 2.02. The van der Waals surface area contributed by atoms with Gasteiger partial charge in [-0.05, 0) is 31.0 Å². The van der Waals surface area contributed by atoms with Crippen LogP contribution in [-0.2, 0) is 6.54 Å². The molecule has 1 N–H and O–H groups in total. The van der Waals surface area contributed by atoms with Crippen LogP contribution in [0.15, 0.2) is 0 Å². The molecule has 0 spiro atoms. The van der Waals surface area contributed by atoms with Crippen LogP contribution < -0.4 is 0 Å². The van der Waals surface area contributed by atoms with Crippen molar-refractivity contribution in [1.82, 2.24) is 15.1 Å². The molecule has 0 amide bonds. The first-order valence-corrected chi connectivity index (χ1v) is 5.82. The minimum absolute atomic E-state index is 0.229. The zero-order valence-electron chi connectivity index (χ0n) is 7.69. The van der Waals surface area contributed by atoms with Gasteiger partial charge < -0.3 is 5.11 Å². The summed E-state index contributed by atoms with van der Waals surface area (Å²) in [7, 11) is 0. The molecule has 0 aliphatic carbocycles. The van der Waals surface area contributed by atoms with Gasteiger partial charge in [-0.1, -0.05) is 11.3 Å². The van der Waals surface area contributed by atoms with Gasteiger partial charge in [0.1, 0.15) is 5.01 Å². The van der Waals surface area contributed by atoms with Crippen LogP contribution >= 0.6 is 22.9 Å². The van der Waals surface area contributed by atoms with Crippen molar-refractivity contribution in [3.63, 3.8) is 0 Å². The van der Waals surface area contributed by atoms with Gasteiger partial charge >= 0.3 is 0 Å². The lowest BCUT2D eigenvalue weighted by Crippen LogP contribution is -2.31. The number of likely N-dealkylation sites (tertiary alicyclic amines) is 1. The zero-order valence-corrected chi connectivity index (χ0v) is 9.26. The number of aromatic nitrogens is 2. The quantitative estimate of drug-likeness (QED) is 0.851. The Morgan fingerprint density at radius 3 is 3.07 bits per heavy atom. The third kappa shape index (κ3) is 2.23. The third-order valence-corrected chi connectivity index (χ3v) is 3.49. The van der Waals surface area contributed by atoms with E-state index in [1.165, 1.54) is 11.3 Å². The van der Waals surface area contributed by atoms with Crippen molar-refractivity contribution in [3.05, 3.63) is 9.47 Å². The van der Waals surface area contributed by atoms with E-state index in [0.717, 1.165) is 30.9 Å². The van der Waals surface area contributed by atoms with E-state index in [1.807, 2.05) is 0 Å². The minimum atomic E-state index is 0.229. The molecule has 14 heavy (non-hydrogen) atoms. The van der Waals surface area contributed by atoms with Crippen molar-refractivity contribution in [3.8, 4) is 0 Å². The van der Waals surface area contributed by atoms with E-state index < -0.39 is 0 Å². The van der Waals surface area contributed by atoms with Gasteiger partial charge in [-0.25, -0.2) is 0 Å². The average molecular weight is 234 g/mol. The highest BCUT2D eigenvalue weighted by Crippen LogP contribution is 2.22. The van der Waals surface area contributed by atoms with Crippen molar-refractivity contribution in [2.45, 2.75) is 25.4 Å². The van der Waals surface area contributed by atoms with Crippen LogP contribution in [-0.4, -0.2) is 39.4 Å². The van der Waals surface area contributed by atoms with E-state index >= 15 is 0 Å². The van der Waals surface area contributed by atoms with Crippen LogP contribution in [0.25, 0.3) is 0 Å². The predicted octanol–water partition coefficient (Wildman–Crippen LogP) is 1.15. The molecule has 0 unspecified atom stereocenters. The molecule has 1 aliphatic rings. The summed E-state index contributed by atoms with van der Waals surface area (Å²) in [4.78, 5) is 2.23. The molecule has 2 heterocycles. The molecule has 1 aliphatic heterocycles. The summed E-state index contributed by atoms with van der Waals surface area (Å²) in [5.41, 5.74) is 0. The van der Waals surface area contributed by atoms with Gasteiger partial charge in [0, 0.05) is 6.04 Å². The fourth-order valence-electron chi connectivity index (χ4n) is 1.78. The fraction of sp³-hybridized carbons (Fsp3) is 0.750. The number of hydrogen-bond acceptors (Lipinski definition) is 5. The van der Waals surface area contributed by atoms with Gasteiger partial charge in [-0.15, -0.1) is 10.2 Å². The van der Waals surface area contributed by atoms with Crippen LogP contribution in [0, 0.1) is 0 Å². The van der Waals surface area contributed by atoms with Crippen LogP contribution in [0.2, 0.25) is 4.47 Å². The van der Waals surface area contributed by atoms with Crippen LogP contribution in [0.1, 0.15) is 17.8 Å². The lowest BCUT2D eigenvalue weighted by molar-refractivity contribution is 0.153. The monoisotopic (exact) mass is 233 g/mol. The predicted molar refractivity (Wildman–Crippen MR) is 55.4 cm³/mol. The Morgan fingerprint density at radius 2 is 2.43 bits per heavy atom. The van der Waals surface area contributed by atoms with Crippen LogP contribution in [0.5, 0.6) is 0 Å². The first-order chi connectivity index (χ1) is 6.79. The van der Waals surface area contributed by atoms with Crippen molar-refractivity contribution < 1.29 is 5.11 Å². The Kier molecular flexibility index (Phi) is 3.33. The Labute approximate surface area is 91.5 Å². The number of hydrogen-bond donors (Lipinski definition) is 1. The standard InChI is InChI=1S/C8H12ClN3OS/c9-8-11-10-7(14-8)4-12-3-1-2-6(12)5-13/h6,13H,1-5H2/t6-/m0/s1. The van der Waals surface area contributed by atoms with Gasteiger partial charge in [0.2, 0.25) is 4.47 Å². The topological polar surface area (TPSA) is 49.2 Å². The number of aliphatic hydroxyl groups is 1. The number of aliphatic hydroxyl groups excluding tert-OH is 1. The Morgan fingerprint density at radius 1 is 1.57 bits per heavy atom. The van der Waals surface area contributed by atoms with Gasteiger partial charge in [0.05, 0.1) is 13.2 Å². The second kappa shape index (κ2) is 4.53. The molecule has 1 fully saturated rings. The highest BCUT2D eigenvalue weighted by molar-refractivity contribution is 7.15. The van der Waals surface area contributed by atoms with Crippen molar-refractivity contribution in [1.29, 1.82) is 0 Å². The van der Waals surface area contributed by atoms with Crippen molar-refractivity contribution in [2.75, 3.05) is 13.2 Å². The summed E-state index contributed by atoms with van der Waals surface area (Å²) >= 11 is 7.10. The molecule has 0 bridgehead atoms. The van der Waals surface area contributed by atoms with Crippen LogP contribution in [0.3, 0.4) is 0 Å². The summed E-state index contributed by atoms with van der Waals surface area (Å²) in [6.07, 6.45) is 2.22. The van der Waals surface area contributed by atoms with E-state index in [9.17, 15) is 0 Å². The maximum absolute atomic E-state index is 9.12. The SMILES string of the molecule is OC[C@@H]1CCCN1Cc1nnc(Cl)s1. The molecule has 6 heteroatoms. The van der Waals surface area contributed by atoms with E-state index in [-0.39, 0.29) is 12.6 Å². The molecule has 2 rings (SSSR count). The lowest BCUT2D eigenvalue weighted by atomic mass is 10.2. The molecular formula is C8H12ClN3OS. The Hall–Kier alpha value is -0.230. The minimum Gasteiger partial charge on any atom is -0.395 e. The summed E-state index contributed by atoms with van der Waals surface area (Å²) in [6, 6.07) is 0.290. The first-order valence-electron chi connectivity index (χ1n) is 4.62. The Bertz CT molecular complexity index is 307. The summed E-state index contributed by atoms with van der Waals surface area (Å²) in [5.74, 6) is 0. The van der Waals surface area contributed by atoms with Gasteiger partial charge in [-0.2, -0.15) is 0 Å². The maximum Gasteiger partial charge on any atom is 0.207 e. The molecule has 78 valence electrons. The highest BCUT2D eigenvalue weighted by atomic mass is 35.5. The second-order valence-corrected chi connectivity index (χ2v) is 5.04. The molecule has 1 aromatic heterocycles. The molecule has 1 atom stereocenters. The van der Waals surface area contributed by atoms with E-state index in [4.69, 9.17) is 16.7 Å². The maximum atomic E-state index is 9.12. The molecule has 1 aromatic rings. The zero-order chi connectivity index (χ0) is 9.97. The summed E-state index contributed by atoms with van der Waals surface area (Å²) in [5, 5.41) is 17.8. The van der Waals surface area contributed by atoms with E-state index in [2.05, 4.69) is 15.1 Å². The van der Waals surface area contributed by atoms with Crippen molar-refractivity contribution >= 4 is 22.9 Å². The third-order valence-electron chi connectivity index (χ3n) is 2.49. The van der Waals surface area contributed by atoms with Gasteiger partial charge in [-0.3, -0.25) is 4.90 Å². The van der Waals surface area contributed by atoms with Gasteiger partial charge in [0.15, 0.2) is 0 Å². The normalized spacial score (nSPS) is 23.1. The first kappa shape index (κ1) is 10.3. The molecule has 0 aromatic carbocycles. The highest BCUT2D eigenvalue weighted by Gasteiger charge is 2.24. The van der Waals surface area contributed by atoms with E-state index in [1.54, 1.807) is 0 Å². The second-order valence-electron chi connectivity index (χ2n) is 3.40. The largest absolute Gasteiger partial charge is 0.395 e. The molecule has 0 saturated carbocycles. The van der Waals surface area contributed by atoms with Gasteiger partial charge in [0.25, 0.3) is 0 Å². The molecule has 0 radical (unpaired) electrons. The fourth-order valence-corrected chi connectivity index (χ4v) is 2.67. The van der Waals surface area contributed by atoms with Crippen LogP contribution in [0.4, 0.5) is 0 Å².